The number of nitrogen functional groups attached to an aromatic ring is 2. The van der Waals surface area contributed by atoms with Gasteiger partial charge in [0, 0.05) is 17.3 Å². The van der Waals surface area contributed by atoms with Gasteiger partial charge in [-0.2, -0.15) is 23.1 Å². The van der Waals surface area contributed by atoms with Gasteiger partial charge in [-0.3, -0.25) is 0 Å². The Labute approximate surface area is 225 Å². The number of alkyl halides is 3. The monoisotopic (exact) mass is 561 g/mol. The molecule has 0 radical (unpaired) electrons. The molecule has 210 valence electrons. The summed E-state index contributed by atoms with van der Waals surface area (Å²) in [5, 5.41) is 0.0149. The molecule has 0 amide bonds. The highest BCUT2D eigenvalue weighted by Crippen LogP contribution is 2.46. The van der Waals surface area contributed by atoms with E-state index in [1.165, 1.54) is 7.11 Å². The van der Waals surface area contributed by atoms with Crippen molar-refractivity contribution in [2.45, 2.75) is 39.1 Å². The summed E-state index contributed by atoms with van der Waals surface area (Å²) >= 11 is 0. The summed E-state index contributed by atoms with van der Waals surface area (Å²) in [6.07, 6.45) is -4.11. The zero-order valence-electron chi connectivity index (χ0n) is 21.8. The van der Waals surface area contributed by atoms with E-state index < -0.39 is 63.5 Å². The Morgan fingerprint density at radius 2 is 1.88 bits per heavy atom. The number of nitrogens with two attached hydrogens (primary N) is 2. The maximum atomic E-state index is 16.3. The molecule has 0 bridgehead atoms. The second-order valence-electron chi connectivity index (χ2n) is 9.40. The lowest BCUT2D eigenvalue weighted by molar-refractivity contribution is -0.137. The molecule has 14 heteroatoms. The molecule has 1 aliphatic rings. The summed E-state index contributed by atoms with van der Waals surface area (Å²) in [6.45, 7) is 4.66. The Morgan fingerprint density at radius 1 is 1.15 bits per heavy atom. The highest BCUT2D eigenvalue weighted by molar-refractivity contribution is 5.97. The summed E-state index contributed by atoms with van der Waals surface area (Å²) in [6, 6.07) is 3.50. The van der Waals surface area contributed by atoms with Gasteiger partial charge in [0.2, 0.25) is 5.88 Å². The first-order valence-electron chi connectivity index (χ1n) is 12.1. The first kappa shape index (κ1) is 27.1. The second kappa shape index (κ2) is 9.61. The Bertz CT molecular complexity index is 1650. The number of anilines is 3. The van der Waals surface area contributed by atoms with E-state index in [4.69, 9.17) is 20.9 Å². The number of pyridine rings is 2. The quantitative estimate of drug-likeness (QED) is 0.255. The van der Waals surface area contributed by atoms with Gasteiger partial charge in [0.05, 0.1) is 30.9 Å². The Kier molecular flexibility index (Phi) is 6.51. The number of aromatic nitrogens is 4. The summed E-state index contributed by atoms with van der Waals surface area (Å²) in [5.41, 5.74) is 7.70. The largest absolute Gasteiger partial charge is 0.472 e. The van der Waals surface area contributed by atoms with E-state index >= 15 is 4.39 Å². The first-order valence-corrected chi connectivity index (χ1v) is 12.1. The fourth-order valence-electron chi connectivity index (χ4n) is 4.92. The number of hydrogen-bond donors (Lipinski definition) is 2. The van der Waals surface area contributed by atoms with E-state index in [1.807, 2.05) is 6.92 Å². The lowest BCUT2D eigenvalue weighted by atomic mass is 9.96. The minimum absolute atomic E-state index is 0.0149. The zero-order valence-corrected chi connectivity index (χ0v) is 21.8. The van der Waals surface area contributed by atoms with Crippen molar-refractivity contribution in [3.63, 3.8) is 0 Å². The Balaban J connectivity index is 1.84. The molecule has 1 aliphatic heterocycles. The van der Waals surface area contributed by atoms with Crippen LogP contribution < -0.4 is 25.8 Å². The molecule has 0 spiro atoms. The van der Waals surface area contributed by atoms with Gasteiger partial charge in [-0.15, -0.1) is 0 Å². The molecule has 3 aromatic heterocycles. The second-order valence-corrected chi connectivity index (χ2v) is 9.40. The van der Waals surface area contributed by atoms with Crippen molar-refractivity contribution in [1.82, 2.24) is 19.9 Å². The molecule has 0 saturated heterocycles. The minimum Gasteiger partial charge on any atom is -0.472 e. The molecule has 2 atom stereocenters. The van der Waals surface area contributed by atoms with Gasteiger partial charge in [0.25, 0.3) is 0 Å². The number of nitrogens with zero attached hydrogens (tertiary/aromatic N) is 5. The lowest BCUT2D eigenvalue weighted by Gasteiger charge is -2.31. The summed E-state index contributed by atoms with van der Waals surface area (Å²) in [7, 11) is 1.27. The molecule has 0 aliphatic carbocycles. The zero-order chi connectivity index (χ0) is 29.1. The van der Waals surface area contributed by atoms with Crippen LogP contribution in [0.1, 0.15) is 36.6 Å². The lowest BCUT2D eigenvalue weighted by Crippen LogP contribution is -2.35. The molecule has 1 aromatic carbocycles. The van der Waals surface area contributed by atoms with E-state index in [1.54, 1.807) is 30.2 Å². The van der Waals surface area contributed by atoms with E-state index in [0.717, 1.165) is 6.92 Å². The predicted octanol–water partition coefficient (Wildman–Crippen LogP) is 5.21. The molecule has 4 aromatic rings. The molecule has 5 rings (SSSR count). The van der Waals surface area contributed by atoms with Crippen molar-refractivity contribution >= 4 is 28.2 Å². The number of hydrogen-bond acceptors (Lipinski definition) is 9. The van der Waals surface area contributed by atoms with Crippen molar-refractivity contribution < 1.29 is 31.4 Å². The number of halogens is 5. The molecule has 9 nitrogen and oxygen atoms in total. The highest BCUT2D eigenvalue weighted by Gasteiger charge is 2.40. The van der Waals surface area contributed by atoms with Gasteiger partial charge in [-0.05, 0) is 38.5 Å². The van der Waals surface area contributed by atoms with Crippen LogP contribution in [0.15, 0.2) is 24.4 Å². The van der Waals surface area contributed by atoms with Gasteiger partial charge in [0.1, 0.15) is 40.2 Å². The van der Waals surface area contributed by atoms with Crippen molar-refractivity contribution in [1.29, 1.82) is 0 Å². The van der Waals surface area contributed by atoms with Gasteiger partial charge < -0.3 is 25.8 Å². The molecule has 40 heavy (non-hydrogen) atoms. The van der Waals surface area contributed by atoms with E-state index in [9.17, 15) is 17.6 Å². The normalized spacial score (nSPS) is 16.0. The molecular formula is C26H24F5N7O2. The van der Waals surface area contributed by atoms with E-state index in [2.05, 4.69) is 19.9 Å². The van der Waals surface area contributed by atoms with Crippen LogP contribution in [0.2, 0.25) is 0 Å². The molecule has 0 fully saturated rings. The molecule has 4 heterocycles. The third-order valence-electron chi connectivity index (χ3n) is 6.79. The Hall–Kier alpha value is -4.49. The van der Waals surface area contributed by atoms with Crippen LogP contribution in [0.4, 0.5) is 39.3 Å². The third kappa shape index (κ3) is 4.32. The van der Waals surface area contributed by atoms with Crippen molar-refractivity contribution in [3.05, 3.63) is 52.7 Å². The van der Waals surface area contributed by atoms with Crippen molar-refractivity contribution in [2.75, 3.05) is 30.0 Å². The number of methoxy groups -OCH3 is 1. The van der Waals surface area contributed by atoms with Gasteiger partial charge in [-0.1, -0.05) is 6.07 Å². The van der Waals surface area contributed by atoms with Crippen LogP contribution in [-0.4, -0.2) is 39.7 Å². The van der Waals surface area contributed by atoms with Crippen LogP contribution >= 0.6 is 0 Å². The topological polar surface area (TPSA) is 125 Å². The number of benzene rings is 1. The fourth-order valence-corrected chi connectivity index (χ4v) is 4.92. The number of ether oxygens (including phenoxy) is 2. The van der Waals surface area contributed by atoms with Gasteiger partial charge in [-0.25, -0.2) is 18.7 Å². The van der Waals surface area contributed by atoms with Gasteiger partial charge >= 0.3 is 12.2 Å². The van der Waals surface area contributed by atoms with Crippen LogP contribution in [0, 0.1) is 18.6 Å². The molecule has 2 unspecified atom stereocenters. The SMILES string of the molecule is COc1nc2c3c(nc(-c4cc(N)c(F)c(C)c4C(F)(F)F)c(F)c3n1)OC(C)CN2C(C)c1cccnc1N. The molecule has 0 saturated carbocycles. The summed E-state index contributed by atoms with van der Waals surface area (Å²) in [4.78, 5) is 18.6. The van der Waals surface area contributed by atoms with E-state index in [-0.39, 0.29) is 35.5 Å². The maximum Gasteiger partial charge on any atom is 0.417 e. The maximum absolute atomic E-state index is 16.3. The minimum atomic E-state index is -5.05. The molecule has 4 N–H and O–H groups in total. The van der Waals surface area contributed by atoms with Crippen LogP contribution in [0.5, 0.6) is 11.9 Å². The van der Waals surface area contributed by atoms with E-state index in [0.29, 0.717) is 11.6 Å². The highest BCUT2D eigenvalue weighted by atomic mass is 19.4. The standard InChI is InChI=1S/C26H24F5N7O2/c1-10-9-38(12(3)13-6-5-7-34-22(13)33)23-16-21(36-25(37-23)39-4)19(28)20(35-24(16)40-10)14-8-15(32)18(27)11(2)17(14)26(29,30)31/h5-8,10,12H,9,32H2,1-4H3,(H2,33,34). The predicted molar refractivity (Wildman–Crippen MR) is 138 cm³/mol. The summed E-state index contributed by atoms with van der Waals surface area (Å²) < 4.78 is 84.3. The summed E-state index contributed by atoms with van der Waals surface area (Å²) in [5.74, 6) is -2.25. The van der Waals surface area contributed by atoms with Crippen LogP contribution in [0.3, 0.4) is 0 Å². The first-order chi connectivity index (χ1) is 18.8. The average Bonchev–Trinajstić information content (AvgIpc) is 3.04. The van der Waals surface area contributed by atoms with Crippen LogP contribution in [-0.2, 0) is 6.18 Å². The molecular weight excluding hydrogens is 537 g/mol. The average molecular weight is 562 g/mol. The number of rotatable bonds is 4. The smallest absolute Gasteiger partial charge is 0.417 e. The third-order valence-corrected chi connectivity index (χ3v) is 6.79. The van der Waals surface area contributed by atoms with Crippen molar-refractivity contribution in [3.8, 4) is 23.1 Å². The Morgan fingerprint density at radius 3 is 2.52 bits per heavy atom. The van der Waals surface area contributed by atoms with Gasteiger partial charge in [0.15, 0.2) is 5.82 Å². The van der Waals surface area contributed by atoms with Crippen molar-refractivity contribution in [2.24, 2.45) is 0 Å². The van der Waals surface area contributed by atoms with Crippen LogP contribution in [0.25, 0.3) is 22.2 Å². The fraction of sp³-hybridized carbons (Fsp3) is 0.308.